The van der Waals surface area contributed by atoms with Crippen molar-refractivity contribution in [2.45, 2.75) is 13.5 Å². The van der Waals surface area contributed by atoms with Gasteiger partial charge in [0, 0.05) is 17.5 Å². The number of aromatic carboxylic acids is 1. The Morgan fingerprint density at radius 2 is 2.11 bits per heavy atom. The van der Waals surface area contributed by atoms with Crippen molar-refractivity contribution in [3.05, 3.63) is 45.5 Å². The Bertz CT molecular complexity index is 721. The number of carboxylic acid groups (broad SMARTS) is 1. The van der Waals surface area contributed by atoms with Gasteiger partial charge in [-0.25, -0.2) is 9.18 Å². The lowest BCUT2D eigenvalue weighted by Gasteiger charge is -2.15. The number of carbonyl (C=O) groups is 1. The maximum absolute atomic E-state index is 13.2. The average Bonchev–Trinajstić information content (AvgIpc) is 2.35. The van der Waals surface area contributed by atoms with Gasteiger partial charge in [0.1, 0.15) is 11.5 Å². The summed E-state index contributed by atoms with van der Waals surface area (Å²) in [5.74, 6) is -1.82. The topological polar surface area (TPSA) is 79.5 Å². The Morgan fingerprint density at radius 1 is 1.42 bits per heavy atom. The Balaban J connectivity index is 2.99. The molecule has 1 aromatic heterocycles. The molecule has 0 amide bonds. The summed E-state index contributed by atoms with van der Waals surface area (Å²) in [6, 6.07) is 3.56. The molecule has 2 rings (SSSR count). The van der Waals surface area contributed by atoms with E-state index >= 15 is 0 Å². The molecular formula is C13H12FNO4. The normalized spacial score (nSPS) is 10.9. The van der Waals surface area contributed by atoms with E-state index in [1.807, 2.05) is 0 Å². The van der Waals surface area contributed by atoms with Crippen LogP contribution in [0, 0.1) is 12.7 Å². The standard InChI is InChI=1S/C13H12FNO4/c1-7-11(13(18)19)15(4-5-16)10-3-2-8(14)6-9(10)12(7)17/h2-3,6,16H,4-5H2,1H3,(H,18,19). The van der Waals surface area contributed by atoms with E-state index < -0.39 is 17.2 Å². The van der Waals surface area contributed by atoms with Crippen LogP contribution in [0.1, 0.15) is 16.1 Å². The van der Waals surface area contributed by atoms with Gasteiger partial charge in [0.05, 0.1) is 12.1 Å². The number of nitrogens with zero attached hydrogens (tertiary/aromatic N) is 1. The smallest absolute Gasteiger partial charge is 0.352 e. The Labute approximate surface area is 107 Å². The second-order valence-corrected chi connectivity index (χ2v) is 4.14. The van der Waals surface area contributed by atoms with Gasteiger partial charge in [-0.3, -0.25) is 4.79 Å². The third-order valence-corrected chi connectivity index (χ3v) is 2.99. The maximum atomic E-state index is 13.2. The van der Waals surface area contributed by atoms with E-state index in [4.69, 9.17) is 5.11 Å². The van der Waals surface area contributed by atoms with E-state index in [0.29, 0.717) is 5.52 Å². The van der Waals surface area contributed by atoms with Crippen LogP contribution in [0.2, 0.25) is 0 Å². The van der Waals surface area contributed by atoms with Gasteiger partial charge in [0.2, 0.25) is 0 Å². The molecule has 0 atom stereocenters. The number of pyridine rings is 1. The van der Waals surface area contributed by atoms with Crippen molar-refractivity contribution in [1.29, 1.82) is 0 Å². The first-order chi connectivity index (χ1) is 8.97. The number of hydrogen-bond donors (Lipinski definition) is 2. The van der Waals surface area contributed by atoms with Gasteiger partial charge in [-0.05, 0) is 25.1 Å². The zero-order chi connectivity index (χ0) is 14.2. The first kappa shape index (κ1) is 13.2. The summed E-state index contributed by atoms with van der Waals surface area (Å²) < 4.78 is 14.5. The molecule has 0 fully saturated rings. The molecule has 0 saturated heterocycles. The van der Waals surface area contributed by atoms with Crippen molar-refractivity contribution in [1.82, 2.24) is 4.57 Å². The molecule has 0 aliphatic heterocycles. The third-order valence-electron chi connectivity index (χ3n) is 2.99. The van der Waals surface area contributed by atoms with Crippen molar-refractivity contribution < 1.29 is 19.4 Å². The van der Waals surface area contributed by atoms with Gasteiger partial charge in [0.25, 0.3) is 0 Å². The number of halogens is 1. The minimum Gasteiger partial charge on any atom is -0.477 e. The van der Waals surface area contributed by atoms with Crippen LogP contribution >= 0.6 is 0 Å². The van der Waals surface area contributed by atoms with Gasteiger partial charge in [-0.2, -0.15) is 0 Å². The van der Waals surface area contributed by atoms with E-state index in [9.17, 15) is 19.1 Å². The summed E-state index contributed by atoms with van der Waals surface area (Å²) in [5, 5.41) is 18.3. The van der Waals surface area contributed by atoms with Gasteiger partial charge >= 0.3 is 5.97 Å². The number of benzene rings is 1. The van der Waals surface area contributed by atoms with Gasteiger partial charge in [-0.1, -0.05) is 0 Å². The highest BCUT2D eigenvalue weighted by atomic mass is 19.1. The monoisotopic (exact) mass is 265 g/mol. The van der Waals surface area contributed by atoms with Gasteiger partial charge in [-0.15, -0.1) is 0 Å². The summed E-state index contributed by atoms with van der Waals surface area (Å²) >= 11 is 0. The number of rotatable bonds is 3. The summed E-state index contributed by atoms with van der Waals surface area (Å²) in [4.78, 5) is 23.3. The SMILES string of the molecule is Cc1c(C(=O)O)n(CCO)c2ccc(F)cc2c1=O. The highest BCUT2D eigenvalue weighted by Crippen LogP contribution is 2.17. The van der Waals surface area contributed by atoms with Crippen molar-refractivity contribution in [3.8, 4) is 0 Å². The van der Waals surface area contributed by atoms with Crippen molar-refractivity contribution in [2.75, 3.05) is 6.61 Å². The number of carboxylic acids is 1. The maximum Gasteiger partial charge on any atom is 0.352 e. The van der Waals surface area contributed by atoms with Gasteiger partial charge < -0.3 is 14.8 Å². The number of aromatic nitrogens is 1. The highest BCUT2D eigenvalue weighted by molar-refractivity contribution is 5.92. The molecule has 0 bridgehead atoms. The van der Waals surface area contributed by atoms with Crippen LogP contribution in [-0.4, -0.2) is 27.4 Å². The fraction of sp³-hybridized carbons (Fsp3) is 0.231. The first-order valence-corrected chi connectivity index (χ1v) is 5.64. The number of fused-ring (bicyclic) bond motifs is 1. The van der Waals surface area contributed by atoms with Crippen molar-refractivity contribution >= 4 is 16.9 Å². The molecule has 2 N–H and O–H groups in total. The van der Waals surface area contributed by atoms with E-state index in [-0.39, 0.29) is 29.8 Å². The van der Waals surface area contributed by atoms with E-state index in [1.54, 1.807) is 0 Å². The molecule has 0 unspecified atom stereocenters. The van der Waals surface area contributed by atoms with E-state index in [0.717, 1.165) is 12.1 Å². The summed E-state index contributed by atoms with van der Waals surface area (Å²) in [6.07, 6.45) is 0. The van der Waals surface area contributed by atoms with Crippen LogP contribution < -0.4 is 5.43 Å². The highest BCUT2D eigenvalue weighted by Gasteiger charge is 2.19. The Morgan fingerprint density at radius 3 is 2.68 bits per heavy atom. The second-order valence-electron chi connectivity index (χ2n) is 4.14. The minimum atomic E-state index is -1.26. The van der Waals surface area contributed by atoms with Crippen molar-refractivity contribution in [2.24, 2.45) is 0 Å². The first-order valence-electron chi connectivity index (χ1n) is 5.64. The van der Waals surface area contributed by atoms with Crippen LogP contribution in [0.25, 0.3) is 10.9 Å². The molecule has 0 aliphatic rings. The molecule has 1 heterocycles. The summed E-state index contributed by atoms with van der Waals surface area (Å²) in [5.41, 5.74) is -0.373. The molecule has 0 spiro atoms. The molecule has 1 aromatic carbocycles. The van der Waals surface area contributed by atoms with Crippen LogP contribution in [0.5, 0.6) is 0 Å². The number of hydrogen-bond acceptors (Lipinski definition) is 3. The lowest BCUT2D eigenvalue weighted by atomic mass is 10.1. The fourth-order valence-electron chi connectivity index (χ4n) is 2.17. The van der Waals surface area contributed by atoms with E-state index in [2.05, 4.69) is 0 Å². The average molecular weight is 265 g/mol. The lowest BCUT2D eigenvalue weighted by molar-refractivity contribution is 0.0682. The molecule has 100 valence electrons. The summed E-state index contributed by atoms with van der Waals surface area (Å²) in [7, 11) is 0. The quantitative estimate of drug-likeness (QED) is 0.872. The van der Waals surface area contributed by atoms with E-state index in [1.165, 1.54) is 17.6 Å². The molecule has 0 radical (unpaired) electrons. The molecule has 0 saturated carbocycles. The molecule has 5 nitrogen and oxygen atoms in total. The fourth-order valence-corrected chi connectivity index (χ4v) is 2.17. The van der Waals surface area contributed by atoms with Crippen LogP contribution in [0.15, 0.2) is 23.0 Å². The zero-order valence-corrected chi connectivity index (χ0v) is 10.2. The minimum absolute atomic E-state index is 0.0187. The third kappa shape index (κ3) is 2.10. The summed E-state index contributed by atoms with van der Waals surface area (Å²) in [6.45, 7) is 1.12. The largest absolute Gasteiger partial charge is 0.477 e. The molecule has 19 heavy (non-hydrogen) atoms. The number of aliphatic hydroxyl groups excluding tert-OH is 1. The Kier molecular flexibility index (Phi) is 3.35. The second kappa shape index (κ2) is 4.81. The molecule has 0 aliphatic carbocycles. The lowest BCUT2D eigenvalue weighted by Crippen LogP contribution is -2.23. The Hall–Kier alpha value is -2.21. The van der Waals surface area contributed by atoms with Crippen LogP contribution in [-0.2, 0) is 6.54 Å². The van der Waals surface area contributed by atoms with Gasteiger partial charge in [0.15, 0.2) is 5.43 Å². The molecular weight excluding hydrogens is 253 g/mol. The molecule has 2 aromatic rings. The predicted octanol–water partition coefficient (Wildman–Crippen LogP) is 1.14. The van der Waals surface area contributed by atoms with Crippen molar-refractivity contribution in [3.63, 3.8) is 0 Å². The van der Waals surface area contributed by atoms with Crippen LogP contribution in [0.4, 0.5) is 4.39 Å². The number of aliphatic hydroxyl groups is 1. The van der Waals surface area contributed by atoms with Crippen LogP contribution in [0.3, 0.4) is 0 Å². The zero-order valence-electron chi connectivity index (χ0n) is 10.2. The predicted molar refractivity (Wildman–Crippen MR) is 66.9 cm³/mol. The molecule has 6 heteroatoms.